The number of hydrogen-bond acceptors (Lipinski definition) is 2. The zero-order valence-corrected chi connectivity index (χ0v) is 14.9. The topological polar surface area (TPSA) is 46.2 Å². The van der Waals surface area contributed by atoms with Crippen molar-refractivity contribution in [3.05, 3.63) is 33.8 Å². The molecule has 0 unspecified atom stereocenters. The molecule has 0 radical (unpaired) electrons. The molecule has 0 aliphatic carbocycles. The highest BCUT2D eigenvalue weighted by molar-refractivity contribution is 7.88. The molecule has 0 bridgehead atoms. The highest BCUT2D eigenvalue weighted by Crippen LogP contribution is 2.26. The first kappa shape index (κ1) is 18.8. The number of hydrogen-bond donors (Lipinski definition) is 1. The molecule has 0 spiro atoms. The fraction of sp³-hybridized carbons (Fsp3) is 0.600. The van der Waals surface area contributed by atoms with E-state index < -0.39 is 10.0 Å². The van der Waals surface area contributed by atoms with Gasteiger partial charge in [0, 0.05) is 22.2 Å². The van der Waals surface area contributed by atoms with Crippen molar-refractivity contribution in [3.63, 3.8) is 0 Å². The summed E-state index contributed by atoms with van der Waals surface area (Å²) in [7, 11) is -3.43. The standard InChI is InChI=1S/C15H23Cl2NO2S/c1-3-5-7-12(4-2)10-18-21(19,20)11-13-14(16)8-6-9-15(13)17/h6,8-9,12,18H,3-5,7,10-11H2,1-2H3/t12-/m0/s1. The maximum Gasteiger partial charge on any atom is 0.215 e. The van der Waals surface area contributed by atoms with Crippen LogP contribution in [0.3, 0.4) is 0 Å². The SMILES string of the molecule is CCCC[C@H](CC)CNS(=O)(=O)Cc1c(Cl)cccc1Cl. The van der Waals surface area contributed by atoms with E-state index in [4.69, 9.17) is 23.2 Å². The van der Waals surface area contributed by atoms with Crippen LogP contribution in [-0.2, 0) is 15.8 Å². The van der Waals surface area contributed by atoms with Gasteiger partial charge in [-0.15, -0.1) is 0 Å². The molecule has 0 saturated carbocycles. The van der Waals surface area contributed by atoms with Crippen molar-refractivity contribution in [2.24, 2.45) is 5.92 Å². The van der Waals surface area contributed by atoms with E-state index in [0.29, 0.717) is 28.1 Å². The highest BCUT2D eigenvalue weighted by Gasteiger charge is 2.17. The average Bonchev–Trinajstić information content (AvgIpc) is 2.43. The Morgan fingerprint density at radius 3 is 2.33 bits per heavy atom. The molecule has 6 heteroatoms. The highest BCUT2D eigenvalue weighted by atomic mass is 35.5. The lowest BCUT2D eigenvalue weighted by molar-refractivity contribution is 0.443. The van der Waals surface area contributed by atoms with Crippen LogP contribution in [-0.4, -0.2) is 15.0 Å². The van der Waals surface area contributed by atoms with Crippen LogP contribution in [0, 0.1) is 5.92 Å². The molecule has 1 rings (SSSR count). The summed E-state index contributed by atoms with van der Waals surface area (Å²) in [5.41, 5.74) is 0.454. The summed E-state index contributed by atoms with van der Waals surface area (Å²) in [6, 6.07) is 4.99. The van der Waals surface area contributed by atoms with Crippen molar-refractivity contribution in [2.45, 2.75) is 45.3 Å². The van der Waals surface area contributed by atoms with E-state index in [2.05, 4.69) is 18.6 Å². The van der Waals surface area contributed by atoms with Crippen LogP contribution in [0.25, 0.3) is 0 Å². The van der Waals surface area contributed by atoms with Gasteiger partial charge in [0.05, 0.1) is 5.75 Å². The van der Waals surface area contributed by atoms with Crippen molar-refractivity contribution in [1.82, 2.24) is 4.72 Å². The number of halogens is 2. The molecule has 3 nitrogen and oxygen atoms in total. The minimum absolute atomic E-state index is 0.185. The molecule has 1 N–H and O–H groups in total. The van der Waals surface area contributed by atoms with Crippen LogP contribution in [0.4, 0.5) is 0 Å². The average molecular weight is 352 g/mol. The first-order valence-electron chi connectivity index (χ1n) is 7.29. The van der Waals surface area contributed by atoms with Crippen LogP contribution >= 0.6 is 23.2 Å². The number of benzene rings is 1. The second kappa shape index (κ2) is 8.99. The second-order valence-electron chi connectivity index (χ2n) is 5.22. The molecule has 0 aliphatic rings. The van der Waals surface area contributed by atoms with Crippen molar-refractivity contribution < 1.29 is 8.42 Å². The summed E-state index contributed by atoms with van der Waals surface area (Å²) in [6.45, 7) is 4.69. The quantitative estimate of drug-likeness (QED) is 0.704. The minimum Gasteiger partial charge on any atom is -0.215 e. The lowest BCUT2D eigenvalue weighted by Gasteiger charge is -2.16. The lowest BCUT2D eigenvalue weighted by Crippen LogP contribution is -2.30. The normalized spacial score (nSPS) is 13.3. The van der Waals surface area contributed by atoms with Crippen molar-refractivity contribution in [3.8, 4) is 0 Å². The number of sulfonamides is 1. The Bertz CT molecular complexity index is 526. The maximum atomic E-state index is 12.2. The maximum absolute atomic E-state index is 12.2. The van der Waals surface area contributed by atoms with E-state index in [0.717, 1.165) is 25.7 Å². The van der Waals surface area contributed by atoms with Gasteiger partial charge in [0.25, 0.3) is 0 Å². The van der Waals surface area contributed by atoms with E-state index in [1.54, 1.807) is 18.2 Å². The van der Waals surface area contributed by atoms with Crippen LogP contribution in [0.5, 0.6) is 0 Å². The van der Waals surface area contributed by atoms with Crippen LogP contribution in [0.15, 0.2) is 18.2 Å². The van der Waals surface area contributed by atoms with E-state index >= 15 is 0 Å². The van der Waals surface area contributed by atoms with Gasteiger partial charge in [0.1, 0.15) is 0 Å². The van der Waals surface area contributed by atoms with Crippen molar-refractivity contribution in [2.75, 3.05) is 6.54 Å². The Kier molecular flexibility index (Phi) is 8.03. The Morgan fingerprint density at radius 2 is 1.81 bits per heavy atom. The summed E-state index contributed by atoms with van der Waals surface area (Å²) in [5.74, 6) is 0.192. The van der Waals surface area contributed by atoms with Gasteiger partial charge in [0.15, 0.2) is 0 Å². The predicted molar refractivity (Wildman–Crippen MR) is 90.4 cm³/mol. The summed E-state index contributed by atoms with van der Waals surface area (Å²) in [6.07, 6.45) is 4.26. The molecule has 1 aromatic rings. The molecule has 0 heterocycles. The number of nitrogens with one attached hydrogen (secondary N) is 1. The van der Waals surface area contributed by atoms with Crippen LogP contribution < -0.4 is 4.72 Å². The Labute approximate surface area is 138 Å². The van der Waals surface area contributed by atoms with Gasteiger partial charge in [0.2, 0.25) is 10.0 Å². The third kappa shape index (κ3) is 6.55. The summed E-state index contributed by atoms with van der Waals surface area (Å²) >= 11 is 12.0. The molecule has 0 aliphatic heterocycles. The third-order valence-corrected chi connectivity index (χ3v) is 5.51. The molecule has 1 atom stereocenters. The summed E-state index contributed by atoms with van der Waals surface area (Å²) in [5, 5.41) is 0.761. The van der Waals surface area contributed by atoms with Crippen LogP contribution in [0.2, 0.25) is 10.0 Å². The minimum atomic E-state index is -3.43. The monoisotopic (exact) mass is 351 g/mol. The van der Waals surface area contributed by atoms with E-state index in [1.165, 1.54) is 0 Å². The first-order chi connectivity index (χ1) is 9.89. The van der Waals surface area contributed by atoms with E-state index in [1.807, 2.05) is 0 Å². The first-order valence-corrected chi connectivity index (χ1v) is 9.70. The number of unbranched alkanes of at least 4 members (excludes halogenated alkanes) is 1. The molecular formula is C15H23Cl2NO2S. The van der Waals surface area contributed by atoms with E-state index in [9.17, 15) is 8.42 Å². The zero-order chi connectivity index (χ0) is 15.9. The van der Waals surface area contributed by atoms with E-state index in [-0.39, 0.29) is 5.75 Å². The Morgan fingerprint density at radius 1 is 1.19 bits per heavy atom. The largest absolute Gasteiger partial charge is 0.215 e. The molecule has 0 saturated heterocycles. The van der Waals surface area contributed by atoms with Crippen LogP contribution in [0.1, 0.15) is 45.1 Å². The van der Waals surface area contributed by atoms with Gasteiger partial charge in [-0.2, -0.15) is 0 Å². The third-order valence-electron chi connectivity index (χ3n) is 3.53. The molecule has 0 amide bonds. The fourth-order valence-electron chi connectivity index (χ4n) is 2.10. The van der Waals surface area contributed by atoms with Gasteiger partial charge in [-0.1, -0.05) is 62.4 Å². The summed E-state index contributed by atoms with van der Waals surface area (Å²) < 4.78 is 27.0. The van der Waals surface area contributed by atoms with Crippen molar-refractivity contribution in [1.29, 1.82) is 0 Å². The predicted octanol–water partition coefficient (Wildman–Crippen LogP) is 4.63. The van der Waals surface area contributed by atoms with Gasteiger partial charge in [-0.05, 0) is 24.5 Å². The zero-order valence-electron chi connectivity index (χ0n) is 12.5. The summed E-state index contributed by atoms with van der Waals surface area (Å²) in [4.78, 5) is 0. The molecule has 0 fully saturated rings. The Balaban J connectivity index is 2.65. The smallest absolute Gasteiger partial charge is 0.215 e. The molecule has 120 valence electrons. The van der Waals surface area contributed by atoms with Gasteiger partial charge < -0.3 is 0 Å². The molecule has 21 heavy (non-hydrogen) atoms. The second-order valence-corrected chi connectivity index (χ2v) is 7.85. The van der Waals surface area contributed by atoms with Gasteiger partial charge >= 0.3 is 0 Å². The molecular weight excluding hydrogens is 329 g/mol. The van der Waals surface area contributed by atoms with Gasteiger partial charge in [-0.3, -0.25) is 0 Å². The van der Waals surface area contributed by atoms with Crippen molar-refractivity contribution >= 4 is 33.2 Å². The van der Waals surface area contributed by atoms with Gasteiger partial charge in [-0.25, -0.2) is 13.1 Å². The molecule has 1 aromatic carbocycles. The Hall–Kier alpha value is -0.290. The fourth-order valence-corrected chi connectivity index (χ4v) is 4.07. The number of rotatable bonds is 9. The lowest BCUT2D eigenvalue weighted by atomic mass is 10.00. The molecule has 0 aromatic heterocycles.